The van der Waals surface area contributed by atoms with Crippen molar-refractivity contribution >= 4 is 21.9 Å². The normalized spacial score (nSPS) is 16.0. The van der Waals surface area contributed by atoms with Gasteiger partial charge in [0.25, 0.3) is 5.91 Å². The third-order valence-corrected chi connectivity index (χ3v) is 4.86. The molecule has 0 atom stereocenters. The maximum atomic E-state index is 13.4. The Balaban J connectivity index is 1.89. The average Bonchev–Trinajstić information content (AvgIpc) is 2.51. The van der Waals surface area contributed by atoms with Crippen molar-refractivity contribution in [2.75, 3.05) is 39.0 Å². The van der Waals surface area contributed by atoms with Gasteiger partial charge in [-0.05, 0) is 12.1 Å². The molecule has 2 rings (SSSR count). The van der Waals surface area contributed by atoms with Gasteiger partial charge in [-0.25, -0.2) is 22.0 Å². The van der Waals surface area contributed by atoms with Crippen molar-refractivity contribution in [3.8, 4) is 0 Å². The minimum absolute atomic E-state index is 0.139. The lowest BCUT2D eigenvalue weighted by atomic mass is 10.2. The first-order valence-corrected chi connectivity index (χ1v) is 8.89. The van der Waals surface area contributed by atoms with E-state index in [1.807, 2.05) is 0 Å². The van der Waals surface area contributed by atoms with Crippen LogP contribution in [0.25, 0.3) is 0 Å². The Kier molecular flexibility index (Phi) is 5.50. The molecule has 1 aromatic rings. The van der Waals surface area contributed by atoms with E-state index in [2.05, 4.69) is 4.74 Å². The number of hydrogen-bond acceptors (Lipinski definition) is 5. The number of carbonyl (C=O) groups is 2. The van der Waals surface area contributed by atoms with Crippen molar-refractivity contribution in [1.82, 2.24) is 9.21 Å². The fourth-order valence-corrected chi connectivity index (χ4v) is 3.08. The van der Waals surface area contributed by atoms with Crippen LogP contribution < -0.4 is 0 Å². The van der Waals surface area contributed by atoms with E-state index in [9.17, 15) is 26.8 Å². The van der Waals surface area contributed by atoms with Gasteiger partial charge in [-0.2, -0.15) is 4.31 Å². The maximum Gasteiger partial charge on any atom is 0.344 e. The van der Waals surface area contributed by atoms with Gasteiger partial charge in [0.2, 0.25) is 10.0 Å². The molecule has 0 spiro atoms. The molecule has 1 aromatic carbocycles. The summed E-state index contributed by atoms with van der Waals surface area (Å²) in [7, 11) is -3.32. The summed E-state index contributed by atoms with van der Waals surface area (Å²) in [6.07, 6.45) is 1.08. The monoisotopic (exact) mass is 362 g/mol. The van der Waals surface area contributed by atoms with E-state index in [0.29, 0.717) is 0 Å². The summed E-state index contributed by atoms with van der Waals surface area (Å²) in [5.41, 5.74) is -0.854. The van der Waals surface area contributed by atoms with Crippen LogP contribution in [0.15, 0.2) is 18.2 Å². The Bertz CT molecular complexity index is 725. The summed E-state index contributed by atoms with van der Waals surface area (Å²) >= 11 is 0. The van der Waals surface area contributed by atoms with Gasteiger partial charge in [0, 0.05) is 26.2 Å². The van der Waals surface area contributed by atoms with Gasteiger partial charge in [0.05, 0.1) is 6.26 Å². The number of nitrogens with zero attached hydrogens (tertiary/aromatic N) is 2. The first kappa shape index (κ1) is 18.3. The average molecular weight is 362 g/mol. The van der Waals surface area contributed by atoms with Gasteiger partial charge in [-0.15, -0.1) is 0 Å². The van der Waals surface area contributed by atoms with Crippen molar-refractivity contribution < 1.29 is 31.5 Å². The number of carbonyl (C=O) groups excluding carboxylic acids is 2. The van der Waals surface area contributed by atoms with E-state index < -0.39 is 45.7 Å². The van der Waals surface area contributed by atoms with Crippen LogP contribution in [0.3, 0.4) is 0 Å². The van der Waals surface area contributed by atoms with Crippen LogP contribution in [0.4, 0.5) is 8.78 Å². The van der Waals surface area contributed by atoms with Crippen LogP contribution in [-0.2, 0) is 19.6 Å². The molecule has 1 amide bonds. The van der Waals surface area contributed by atoms with E-state index in [1.165, 1.54) is 9.21 Å². The molecule has 0 bridgehead atoms. The fourth-order valence-electron chi connectivity index (χ4n) is 2.25. The van der Waals surface area contributed by atoms with E-state index in [-0.39, 0.29) is 26.2 Å². The first-order valence-electron chi connectivity index (χ1n) is 7.04. The molecule has 0 saturated carbocycles. The summed E-state index contributed by atoms with van der Waals surface area (Å²) in [6, 6.07) is 2.92. The molecule has 7 nitrogen and oxygen atoms in total. The van der Waals surface area contributed by atoms with E-state index >= 15 is 0 Å². The number of sulfonamides is 1. The number of rotatable bonds is 4. The number of amides is 1. The lowest BCUT2D eigenvalue weighted by molar-refractivity contribution is -0.135. The van der Waals surface area contributed by atoms with Crippen molar-refractivity contribution in [1.29, 1.82) is 0 Å². The van der Waals surface area contributed by atoms with Crippen LogP contribution in [0.5, 0.6) is 0 Å². The second kappa shape index (κ2) is 7.22. The van der Waals surface area contributed by atoms with Crippen LogP contribution in [0.2, 0.25) is 0 Å². The summed E-state index contributed by atoms with van der Waals surface area (Å²) < 4.78 is 55.5. The molecule has 132 valence electrons. The Morgan fingerprint density at radius 1 is 1.12 bits per heavy atom. The maximum absolute atomic E-state index is 13.4. The molecule has 0 aliphatic carbocycles. The van der Waals surface area contributed by atoms with Crippen molar-refractivity contribution in [2.24, 2.45) is 0 Å². The molecular weight excluding hydrogens is 346 g/mol. The highest BCUT2D eigenvalue weighted by Gasteiger charge is 2.27. The molecule has 1 fully saturated rings. The second-order valence-electron chi connectivity index (χ2n) is 5.22. The van der Waals surface area contributed by atoms with Gasteiger partial charge in [-0.3, -0.25) is 4.79 Å². The smallest absolute Gasteiger partial charge is 0.344 e. The largest absolute Gasteiger partial charge is 0.452 e. The predicted molar refractivity (Wildman–Crippen MR) is 79.6 cm³/mol. The standard InChI is InChI=1S/C14H16F2N2O5S/c1-24(21,22)18-7-5-17(6-8-18)12(19)9-23-14(20)13-10(15)3-2-4-11(13)16/h2-4H,5-9H2,1H3. The Hall–Kier alpha value is -2.07. The van der Waals surface area contributed by atoms with Crippen LogP contribution in [0.1, 0.15) is 10.4 Å². The zero-order valence-electron chi connectivity index (χ0n) is 12.9. The number of esters is 1. The molecule has 0 unspecified atom stereocenters. The Morgan fingerprint density at radius 2 is 1.67 bits per heavy atom. The van der Waals surface area contributed by atoms with E-state index in [0.717, 1.165) is 24.5 Å². The SMILES string of the molecule is CS(=O)(=O)N1CCN(C(=O)COC(=O)c2c(F)cccc2F)CC1. The Morgan fingerprint density at radius 3 is 2.17 bits per heavy atom. The van der Waals surface area contributed by atoms with Crippen LogP contribution in [0, 0.1) is 11.6 Å². The third-order valence-electron chi connectivity index (χ3n) is 3.55. The highest BCUT2D eigenvalue weighted by molar-refractivity contribution is 7.88. The van der Waals surface area contributed by atoms with Crippen molar-refractivity contribution in [2.45, 2.75) is 0 Å². The zero-order chi connectivity index (χ0) is 17.9. The minimum Gasteiger partial charge on any atom is -0.452 e. The number of ether oxygens (including phenoxy) is 1. The van der Waals surface area contributed by atoms with Gasteiger partial charge in [0.15, 0.2) is 6.61 Å². The second-order valence-corrected chi connectivity index (χ2v) is 7.20. The molecule has 1 aliphatic heterocycles. The summed E-state index contributed by atoms with van der Waals surface area (Å²) in [5, 5.41) is 0. The molecule has 1 saturated heterocycles. The lowest BCUT2D eigenvalue weighted by Crippen LogP contribution is -2.51. The molecule has 0 N–H and O–H groups in total. The molecule has 0 aromatic heterocycles. The quantitative estimate of drug-likeness (QED) is 0.716. The summed E-state index contributed by atoms with van der Waals surface area (Å²) in [4.78, 5) is 25.0. The van der Waals surface area contributed by atoms with Gasteiger partial charge in [-0.1, -0.05) is 6.07 Å². The third kappa shape index (κ3) is 4.26. The van der Waals surface area contributed by atoms with Crippen molar-refractivity contribution in [3.63, 3.8) is 0 Å². The Labute approximate surface area is 137 Å². The predicted octanol–water partition coefficient (Wildman–Crippen LogP) is 0.225. The van der Waals surface area contributed by atoms with Crippen molar-refractivity contribution in [3.05, 3.63) is 35.4 Å². The van der Waals surface area contributed by atoms with Gasteiger partial charge < -0.3 is 9.64 Å². The van der Waals surface area contributed by atoms with Gasteiger partial charge >= 0.3 is 5.97 Å². The van der Waals surface area contributed by atoms with Crippen LogP contribution >= 0.6 is 0 Å². The molecule has 0 radical (unpaired) electrons. The molecule has 1 heterocycles. The molecule has 10 heteroatoms. The van der Waals surface area contributed by atoms with E-state index in [1.54, 1.807) is 0 Å². The minimum atomic E-state index is -3.32. The summed E-state index contributed by atoms with van der Waals surface area (Å²) in [6.45, 7) is -0.0958. The number of hydrogen-bond donors (Lipinski definition) is 0. The fraction of sp³-hybridized carbons (Fsp3) is 0.429. The topological polar surface area (TPSA) is 84.0 Å². The highest BCUT2D eigenvalue weighted by atomic mass is 32.2. The number of piperazine rings is 1. The number of benzene rings is 1. The highest BCUT2D eigenvalue weighted by Crippen LogP contribution is 2.13. The molecular formula is C14H16F2N2O5S. The lowest BCUT2D eigenvalue weighted by Gasteiger charge is -2.33. The summed E-state index contributed by atoms with van der Waals surface area (Å²) in [5.74, 6) is -3.98. The van der Waals surface area contributed by atoms with E-state index in [4.69, 9.17) is 0 Å². The van der Waals surface area contributed by atoms with Crippen LogP contribution in [-0.4, -0.2) is 68.5 Å². The number of halogens is 2. The first-order chi connectivity index (χ1) is 11.2. The molecule has 1 aliphatic rings. The van der Waals surface area contributed by atoms with Gasteiger partial charge in [0.1, 0.15) is 17.2 Å². The zero-order valence-corrected chi connectivity index (χ0v) is 13.7. The molecule has 24 heavy (non-hydrogen) atoms.